The van der Waals surface area contributed by atoms with Crippen LogP contribution in [0.1, 0.15) is 0 Å². The van der Waals surface area contributed by atoms with Crippen molar-refractivity contribution in [3.63, 3.8) is 0 Å². The molecule has 0 amide bonds. The number of rotatable bonds is 3. The van der Waals surface area contributed by atoms with E-state index in [9.17, 15) is 0 Å². The van der Waals surface area contributed by atoms with E-state index in [0.717, 1.165) is 3.58 Å². The normalized spacial score (nSPS) is 11.3. The first-order valence-electron chi connectivity index (χ1n) is 4.56. The van der Waals surface area contributed by atoms with Gasteiger partial charge in [0.25, 0.3) is 0 Å². The van der Waals surface area contributed by atoms with Gasteiger partial charge in [0, 0.05) is 0 Å². The fourth-order valence-corrected chi connectivity index (χ4v) is 7.53. The molecule has 1 rings (SSSR count). The van der Waals surface area contributed by atoms with Gasteiger partial charge in [0.1, 0.15) is 0 Å². The molecule has 1 aromatic rings. The van der Waals surface area contributed by atoms with Crippen molar-refractivity contribution in [3.05, 3.63) is 5.15 Å². The monoisotopic (exact) mass is 338 g/mol. The molecule has 0 aliphatic heterocycles. The molecular weight excluding hydrogens is 322 g/mol. The van der Waals surface area contributed by atoms with E-state index in [4.69, 9.17) is 21.1 Å². The second-order valence-corrected chi connectivity index (χ2v) is 18.8. The van der Waals surface area contributed by atoms with Gasteiger partial charge in [-0.15, -0.1) is 0 Å². The molecule has 0 spiro atoms. The number of nitrogens with zero attached hydrogens (tertiary/aromatic N) is 2. The van der Waals surface area contributed by atoms with Crippen LogP contribution in [0.15, 0.2) is 0 Å². The van der Waals surface area contributed by atoms with Crippen molar-refractivity contribution in [3.8, 4) is 11.9 Å². The van der Waals surface area contributed by atoms with Gasteiger partial charge in [-0.05, 0) is 0 Å². The molecule has 0 unspecified atom stereocenters. The molecule has 0 saturated carbocycles. The molecule has 0 N–H and O–H groups in total. The zero-order chi connectivity index (χ0) is 11.6. The summed E-state index contributed by atoms with van der Waals surface area (Å²) in [7, 11) is 3.09. The second-order valence-electron chi connectivity index (χ2n) is 4.14. The maximum atomic E-state index is 6.12. The summed E-state index contributed by atoms with van der Waals surface area (Å²) in [5, 5.41) is 0.460. The zero-order valence-corrected chi connectivity index (χ0v) is 13.2. The molecule has 84 valence electrons. The van der Waals surface area contributed by atoms with Crippen LogP contribution in [0.25, 0.3) is 0 Å². The summed E-state index contributed by atoms with van der Waals surface area (Å²) in [6.45, 7) is 0. The van der Waals surface area contributed by atoms with E-state index in [2.05, 4.69) is 24.8 Å². The van der Waals surface area contributed by atoms with E-state index in [1.54, 1.807) is 7.11 Å². The molecule has 0 saturated heterocycles. The Bertz CT molecular complexity index is 366. The first-order chi connectivity index (χ1) is 6.90. The van der Waals surface area contributed by atoms with Crippen molar-refractivity contribution in [2.75, 3.05) is 14.2 Å². The fraction of sp³-hybridized carbons (Fsp3) is 0.556. The Morgan fingerprint density at radius 2 is 1.67 bits per heavy atom. The molecular formula is C9H15ClN2O2Sn. The van der Waals surface area contributed by atoms with Crippen molar-refractivity contribution >= 4 is 33.6 Å². The fourth-order valence-electron chi connectivity index (χ4n) is 1.27. The van der Waals surface area contributed by atoms with Gasteiger partial charge in [-0.25, -0.2) is 0 Å². The van der Waals surface area contributed by atoms with Gasteiger partial charge in [0.2, 0.25) is 0 Å². The van der Waals surface area contributed by atoms with Crippen LogP contribution in [-0.2, 0) is 0 Å². The van der Waals surface area contributed by atoms with Gasteiger partial charge in [-0.1, -0.05) is 0 Å². The number of ether oxygens (including phenoxy) is 2. The number of halogens is 1. The van der Waals surface area contributed by atoms with Crippen LogP contribution in [0.2, 0.25) is 20.0 Å². The van der Waals surface area contributed by atoms with Crippen LogP contribution in [0.4, 0.5) is 0 Å². The summed E-state index contributed by atoms with van der Waals surface area (Å²) in [6.07, 6.45) is 0. The van der Waals surface area contributed by atoms with Crippen LogP contribution < -0.4 is 13.1 Å². The molecule has 0 aliphatic carbocycles. The first kappa shape index (κ1) is 12.8. The van der Waals surface area contributed by atoms with Crippen molar-refractivity contribution < 1.29 is 9.47 Å². The first-order valence-corrected chi connectivity index (χ1v) is 14.9. The van der Waals surface area contributed by atoms with Gasteiger partial charge < -0.3 is 0 Å². The Hall–Kier alpha value is -0.231. The van der Waals surface area contributed by atoms with Crippen LogP contribution in [0.3, 0.4) is 0 Å². The Morgan fingerprint density at radius 1 is 1.07 bits per heavy atom. The molecule has 0 radical (unpaired) electrons. The van der Waals surface area contributed by atoms with Crippen molar-refractivity contribution in [2.45, 2.75) is 14.8 Å². The summed E-state index contributed by atoms with van der Waals surface area (Å²) in [6, 6.07) is 0.246. The molecule has 0 aromatic carbocycles. The summed E-state index contributed by atoms with van der Waals surface area (Å²) >= 11 is 3.76. The van der Waals surface area contributed by atoms with E-state index in [1.165, 1.54) is 7.11 Å². The summed E-state index contributed by atoms with van der Waals surface area (Å²) in [4.78, 5) is 14.9. The van der Waals surface area contributed by atoms with Gasteiger partial charge in [-0.2, -0.15) is 0 Å². The molecule has 1 heterocycles. The summed E-state index contributed by atoms with van der Waals surface area (Å²) < 4.78 is 11.2. The van der Waals surface area contributed by atoms with E-state index in [0.29, 0.717) is 11.0 Å². The molecule has 1 aromatic heterocycles. The van der Waals surface area contributed by atoms with E-state index < -0.39 is 18.4 Å². The third-order valence-corrected chi connectivity index (χ3v) is 8.23. The average Bonchev–Trinajstić information content (AvgIpc) is 2.14. The van der Waals surface area contributed by atoms with Crippen LogP contribution in [-0.4, -0.2) is 42.6 Å². The predicted molar refractivity (Wildman–Crippen MR) is 63.1 cm³/mol. The predicted octanol–water partition coefficient (Wildman–Crippen LogP) is 1.69. The second kappa shape index (κ2) is 4.74. The van der Waals surface area contributed by atoms with Gasteiger partial charge in [0.05, 0.1) is 0 Å². The Labute approximate surface area is 98.8 Å². The topological polar surface area (TPSA) is 44.2 Å². The minimum atomic E-state index is -2.36. The number of hydrogen-bond donors (Lipinski definition) is 0. The minimum absolute atomic E-state index is 0.246. The van der Waals surface area contributed by atoms with Crippen LogP contribution in [0.5, 0.6) is 11.9 Å². The van der Waals surface area contributed by atoms with Crippen molar-refractivity contribution in [2.24, 2.45) is 0 Å². The van der Waals surface area contributed by atoms with Crippen LogP contribution >= 0.6 is 11.6 Å². The van der Waals surface area contributed by atoms with E-state index >= 15 is 0 Å². The van der Waals surface area contributed by atoms with Gasteiger partial charge in [0.15, 0.2) is 0 Å². The van der Waals surface area contributed by atoms with Crippen LogP contribution in [0, 0.1) is 0 Å². The van der Waals surface area contributed by atoms with E-state index in [-0.39, 0.29) is 6.01 Å². The maximum absolute atomic E-state index is 6.12. The molecule has 6 heteroatoms. The Kier molecular flexibility index (Phi) is 4.05. The summed E-state index contributed by atoms with van der Waals surface area (Å²) in [5.74, 6) is 0.551. The quantitative estimate of drug-likeness (QED) is 0.622. The molecule has 0 fully saturated rings. The molecule has 4 nitrogen and oxygen atoms in total. The number of aromatic nitrogens is 2. The SMILES string of the molecule is COc1nc(Cl)[c]([Sn]([CH3])([CH3])[CH3])c(OC)n1. The summed E-state index contributed by atoms with van der Waals surface area (Å²) in [5.41, 5.74) is 0. The zero-order valence-electron chi connectivity index (χ0n) is 9.59. The number of hydrogen-bond acceptors (Lipinski definition) is 4. The molecule has 0 aliphatic rings. The van der Waals surface area contributed by atoms with Crippen molar-refractivity contribution in [1.29, 1.82) is 0 Å². The molecule has 0 atom stereocenters. The third kappa shape index (κ3) is 2.87. The number of methoxy groups -OCH3 is 2. The molecule has 15 heavy (non-hydrogen) atoms. The standard InChI is InChI=1S/C6H6ClN2O2.3CH3.Sn/c1-10-5-3-4(7)8-6(9-5)11-2;;;;/h1-2H3;3*1H3;. The molecule has 0 bridgehead atoms. The Morgan fingerprint density at radius 3 is 2.07 bits per heavy atom. The van der Waals surface area contributed by atoms with E-state index in [1.807, 2.05) is 0 Å². The Balaban J connectivity index is 3.38. The van der Waals surface area contributed by atoms with Gasteiger partial charge in [-0.3, -0.25) is 0 Å². The third-order valence-electron chi connectivity index (χ3n) is 1.94. The average molecular weight is 337 g/mol. The van der Waals surface area contributed by atoms with Gasteiger partial charge >= 0.3 is 99.1 Å². The van der Waals surface area contributed by atoms with Crippen molar-refractivity contribution in [1.82, 2.24) is 9.97 Å².